The summed E-state index contributed by atoms with van der Waals surface area (Å²) < 4.78 is 2.13. The van der Waals surface area contributed by atoms with Crippen LogP contribution in [0.4, 0.5) is 0 Å². The van der Waals surface area contributed by atoms with Crippen LogP contribution in [0.2, 0.25) is 0 Å². The molecule has 14 heavy (non-hydrogen) atoms. The number of nitrogens with zero attached hydrogens (tertiary/aromatic N) is 2. The minimum atomic E-state index is 0.238. The highest BCUT2D eigenvalue weighted by Crippen LogP contribution is 2.41. The zero-order chi connectivity index (χ0) is 10.1. The molecule has 3 nitrogen and oxygen atoms in total. The van der Waals surface area contributed by atoms with E-state index in [1.807, 2.05) is 6.20 Å². The molecule has 1 atom stereocenters. The van der Waals surface area contributed by atoms with Crippen LogP contribution < -0.4 is 5.73 Å². The SMILES string of the molecule is CCn1ncc(CC(C)N)c1C1CC1. The molecule has 0 saturated heterocycles. The third-order valence-corrected chi connectivity index (χ3v) is 2.77. The topological polar surface area (TPSA) is 43.8 Å². The summed E-state index contributed by atoms with van der Waals surface area (Å²) in [7, 11) is 0. The average Bonchev–Trinajstić information content (AvgIpc) is 2.88. The van der Waals surface area contributed by atoms with Crippen molar-refractivity contribution in [1.29, 1.82) is 0 Å². The summed E-state index contributed by atoms with van der Waals surface area (Å²) in [5.41, 5.74) is 8.64. The molecule has 2 rings (SSSR count). The first-order chi connectivity index (χ1) is 6.72. The maximum atomic E-state index is 5.83. The molecular formula is C11H19N3. The van der Waals surface area contributed by atoms with E-state index in [1.54, 1.807) is 0 Å². The quantitative estimate of drug-likeness (QED) is 0.790. The Bertz CT molecular complexity index is 310. The van der Waals surface area contributed by atoms with Crippen molar-refractivity contribution in [1.82, 2.24) is 9.78 Å². The van der Waals surface area contributed by atoms with Crippen LogP contribution in [0.5, 0.6) is 0 Å². The Labute approximate surface area is 85.3 Å². The normalized spacial score (nSPS) is 18.5. The van der Waals surface area contributed by atoms with E-state index in [9.17, 15) is 0 Å². The summed E-state index contributed by atoms with van der Waals surface area (Å²) in [4.78, 5) is 0. The van der Waals surface area contributed by atoms with Crippen LogP contribution in [-0.4, -0.2) is 15.8 Å². The Kier molecular flexibility index (Phi) is 2.59. The molecule has 1 saturated carbocycles. The van der Waals surface area contributed by atoms with E-state index in [-0.39, 0.29) is 6.04 Å². The van der Waals surface area contributed by atoms with Crippen LogP contribution in [-0.2, 0) is 13.0 Å². The monoisotopic (exact) mass is 193 g/mol. The Hall–Kier alpha value is -0.830. The first-order valence-electron chi connectivity index (χ1n) is 5.52. The minimum Gasteiger partial charge on any atom is -0.328 e. The molecule has 3 heteroatoms. The van der Waals surface area contributed by atoms with Gasteiger partial charge < -0.3 is 5.73 Å². The van der Waals surface area contributed by atoms with E-state index < -0.39 is 0 Å². The predicted molar refractivity (Wildman–Crippen MR) is 57.2 cm³/mol. The van der Waals surface area contributed by atoms with E-state index in [1.165, 1.54) is 24.1 Å². The van der Waals surface area contributed by atoms with Gasteiger partial charge in [-0.25, -0.2) is 0 Å². The second kappa shape index (κ2) is 3.73. The highest BCUT2D eigenvalue weighted by molar-refractivity contribution is 5.26. The fraction of sp³-hybridized carbons (Fsp3) is 0.727. The lowest BCUT2D eigenvalue weighted by Crippen LogP contribution is -2.18. The van der Waals surface area contributed by atoms with Crippen LogP contribution in [0.3, 0.4) is 0 Å². The van der Waals surface area contributed by atoms with Crippen LogP contribution in [0.15, 0.2) is 6.20 Å². The van der Waals surface area contributed by atoms with Gasteiger partial charge in [0.15, 0.2) is 0 Å². The predicted octanol–water partition coefficient (Wildman–Crippen LogP) is 1.67. The van der Waals surface area contributed by atoms with Gasteiger partial charge in [0, 0.05) is 24.2 Å². The first kappa shape index (κ1) is 9.71. The second-order valence-corrected chi connectivity index (χ2v) is 4.33. The maximum Gasteiger partial charge on any atom is 0.0525 e. The largest absolute Gasteiger partial charge is 0.328 e. The fourth-order valence-corrected chi connectivity index (χ4v) is 2.02. The fourth-order valence-electron chi connectivity index (χ4n) is 2.02. The summed E-state index contributed by atoms with van der Waals surface area (Å²) in [6.45, 7) is 5.18. The Morgan fingerprint density at radius 1 is 1.64 bits per heavy atom. The van der Waals surface area contributed by atoms with E-state index in [0.29, 0.717) is 0 Å². The van der Waals surface area contributed by atoms with Gasteiger partial charge in [0.05, 0.1) is 6.20 Å². The van der Waals surface area contributed by atoms with E-state index in [4.69, 9.17) is 5.73 Å². The third kappa shape index (κ3) is 1.82. The van der Waals surface area contributed by atoms with Crippen molar-refractivity contribution in [2.45, 2.75) is 51.6 Å². The summed E-state index contributed by atoms with van der Waals surface area (Å²) in [5, 5.41) is 4.41. The van der Waals surface area contributed by atoms with Gasteiger partial charge in [-0.05, 0) is 38.7 Å². The zero-order valence-electron chi connectivity index (χ0n) is 9.03. The first-order valence-corrected chi connectivity index (χ1v) is 5.52. The van der Waals surface area contributed by atoms with Crippen LogP contribution in [0, 0.1) is 0 Å². The van der Waals surface area contributed by atoms with Crippen molar-refractivity contribution in [3.63, 3.8) is 0 Å². The number of aryl methyl sites for hydroxylation is 1. The molecule has 1 fully saturated rings. The van der Waals surface area contributed by atoms with Crippen molar-refractivity contribution in [2.75, 3.05) is 0 Å². The van der Waals surface area contributed by atoms with Gasteiger partial charge in [0.1, 0.15) is 0 Å². The van der Waals surface area contributed by atoms with E-state index in [0.717, 1.165) is 18.9 Å². The van der Waals surface area contributed by atoms with Crippen LogP contribution in [0.1, 0.15) is 43.9 Å². The number of rotatable bonds is 4. The Morgan fingerprint density at radius 3 is 2.86 bits per heavy atom. The Balaban J connectivity index is 2.25. The number of nitrogens with two attached hydrogens (primary N) is 1. The molecule has 0 radical (unpaired) electrons. The Morgan fingerprint density at radius 2 is 2.36 bits per heavy atom. The van der Waals surface area contributed by atoms with Gasteiger partial charge >= 0.3 is 0 Å². The van der Waals surface area contributed by atoms with Crippen LogP contribution in [0.25, 0.3) is 0 Å². The van der Waals surface area contributed by atoms with Crippen molar-refractivity contribution in [3.05, 3.63) is 17.5 Å². The molecule has 1 aromatic heterocycles. The lowest BCUT2D eigenvalue weighted by molar-refractivity contribution is 0.618. The molecule has 0 spiro atoms. The highest BCUT2D eigenvalue weighted by atomic mass is 15.3. The van der Waals surface area contributed by atoms with Gasteiger partial charge in [-0.2, -0.15) is 5.10 Å². The second-order valence-electron chi connectivity index (χ2n) is 4.33. The smallest absolute Gasteiger partial charge is 0.0525 e. The van der Waals surface area contributed by atoms with Gasteiger partial charge in [-0.15, -0.1) is 0 Å². The number of hydrogen-bond donors (Lipinski definition) is 1. The number of aromatic nitrogens is 2. The van der Waals surface area contributed by atoms with Gasteiger partial charge in [0.2, 0.25) is 0 Å². The average molecular weight is 193 g/mol. The molecule has 0 bridgehead atoms. The van der Waals surface area contributed by atoms with Gasteiger partial charge in [-0.1, -0.05) is 0 Å². The highest BCUT2D eigenvalue weighted by Gasteiger charge is 2.29. The minimum absolute atomic E-state index is 0.238. The molecule has 1 heterocycles. The molecule has 1 aliphatic rings. The summed E-state index contributed by atoms with van der Waals surface area (Å²) in [5.74, 6) is 0.770. The van der Waals surface area contributed by atoms with E-state index >= 15 is 0 Å². The molecule has 78 valence electrons. The molecule has 2 N–H and O–H groups in total. The molecule has 0 aliphatic heterocycles. The maximum absolute atomic E-state index is 5.83. The molecule has 0 aromatic carbocycles. The van der Waals surface area contributed by atoms with Gasteiger partial charge in [0.25, 0.3) is 0 Å². The van der Waals surface area contributed by atoms with E-state index in [2.05, 4.69) is 23.6 Å². The lowest BCUT2D eigenvalue weighted by atomic mass is 10.1. The standard InChI is InChI=1S/C11H19N3/c1-3-14-11(9-4-5-9)10(7-13-14)6-8(2)12/h7-9H,3-6,12H2,1-2H3. The summed E-state index contributed by atoms with van der Waals surface area (Å²) in [6, 6.07) is 0.238. The van der Waals surface area contributed by atoms with Gasteiger partial charge in [-0.3, -0.25) is 4.68 Å². The summed E-state index contributed by atoms with van der Waals surface area (Å²) >= 11 is 0. The van der Waals surface area contributed by atoms with Crippen LogP contribution >= 0.6 is 0 Å². The molecule has 1 unspecified atom stereocenters. The van der Waals surface area contributed by atoms with Crippen molar-refractivity contribution in [2.24, 2.45) is 5.73 Å². The lowest BCUT2D eigenvalue weighted by Gasteiger charge is -2.08. The number of hydrogen-bond acceptors (Lipinski definition) is 2. The van der Waals surface area contributed by atoms with Crippen molar-refractivity contribution >= 4 is 0 Å². The molecule has 0 amide bonds. The zero-order valence-corrected chi connectivity index (χ0v) is 9.03. The van der Waals surface area contributed by atoms with Crippen molar-refractivity contribution in [3.8, 4) is 0 Å². The summed E-state index contributed by atoms with van der Waals surface area (Å²) in [6.07, 6.45) is 5.63. The molecular weight excluding hydrogens is 174 g/mol. The third-order valence-electron chi connectivity index (χ3n) is 2.77. The van der Waals surface area contributed by atoms with Crippen molar-refractivity contribution < 1.29 is 0 Å². The molecule has 1 aromatic rings. The molecule has 1 aliphatic carbocycles.